The number of anilines is 1. The molecule has 0 fully saturated rings. The van der Waals surface area contributed by atoms with Crippen LogP contribution in [0.5, 0.6) is 0 Å². The number of fused-ring (bicyclic) bond motifs is 1. The van der Waals surface area contributed by atoms with E-state index in [1.165, 1.54) is 18.2 Å². The molecule has 1 N–H and O–H groups in total. The van der Waals surface area contributed by atoms with Crippen molar-refractivity contribution < 1.29 is 19.1 Å². The van der Waals surface area contributed by atoms with Crippen molar-refractivity contribution in [3.63, 3.8) is 0 Å². The van der Waals surface area contributed by atoms with Crippen LogP contribution in [0, 0.1) is 5.82 Å². The Morgan fingerprint density at radius 2 is 2.20 bits per heavy atom. The second kappa shape index (κ2) is 5.86. The zero-order valence-electron chi connectivity index (χ0n) is 11.2. The van der Waals surface area contributed by atoms with Gasteiger partial charge in [0.05, 0.1) is 12.1 Å². The second-order valence-electron chi connectivity index (χ2n) is 4.69. The van der Waals surface area contributed by atoms with E-state index >= 15 is 0 Å². The number of carboxylic acid groups (broad SMARTS) is 1. The Hall–Kier alpha value is -2.17. The third-order valence-electron chi connectivity index (χ3n) is 3.23. The fraction of sp³-hybridized carbons (Fsp3) is 0.333. The van der Waals surface area contributed by atoms with E-state index in [1.807, 2.05) is 6.92 Å². The van der Waals surface area contributed by atoms with Crippen LogP contribution < -0.4 is 4.90 Å². The summed E-state index contributed by atoms with van der Waals surface area (Å²) in [4.78, 5) is 24.6. The Kier molecular flexibility index (Phi) is 4.17. The molecule has 0 bridgehead atoms. The van der Waals surface area contributed by atoms with Crippen molar-refractivity contribution in [1.29, 1.82) is 0 Å². The van der Waals surface area contributed by atoms with Crippen LogP contribution in [-0.2, 0) is 9.59 Å². The highest BCUT2D eigenvalue weighted by molar-refractivity contribution is 6.32. The zero-order chi connectivity index (χ0) is 14.7. The lowest BCUT2D eigenvalue weighted by Gasteiger charge is -2.16. The molecule has 5 heteroatoms. The number of nitrogens with zero attached hydrogens (tertiary/aromatic N) is 1. The maximum Gasteiger partial charge on any atom is 0.307 e. The molecule has 0 saturated carbocycles. The number of carbonyl (C=O) groups excluding carboxylic acids is 1. The first-order valence-electron chi connectivity index (χ1n) is 6.58. The average Bonchev–Trinajstić information content (AvgIpc) is 2.65. The van der Waals surface area contributed by atoms with Crippen molar-refractivity contribution in [3.05, 3.63) is 35.7 Å². The summed E-state index contributed by atoms with van der Waals surface area (Å²) < 4.78 is 13.4. The van der Waals surface area contributed by atoms with Gasteiger partial charge in [-0.1, -0.05) is 19.4 Å². The van der Waals surface area contributed by atoms with E-state index in [-0.39, 0.29) is 17.9 Å². The Labute approximate surface area is 116 Å². The van der Waals surface area contributed by atoms with Gasteiger partial charge in [0.25, 0.3) is 5.91 Å². The number of benzene rings is 1. The van der Waals surface area contributed by atoms with E-state index < -0.39 is 11.8 Å². The number of halogens is 1. The number of rotatable bonds is 5. The predicted octanol–water partition coefficient (Wildman–Crippen LogP) is 2.83. The van der Waals surface area contributed by atoms with Crippen molar-refractivity contribution in [2.24, 2.45) is 0 Å². The third kappa shape index (κ3) is 2.71. The molecule has 1 amide bonds. The number of aliphatic carboxylic acids is 1. The van der Waals surface area contributed by atoms with Crippen LogP contribution in [-0.4, -0.2) is 23.5 Å². The summed E-state index contributed by atoms with van der Waals surface area (Å²) in [5.41, 5.74) is 1.41. The third-order valence-corrected chi connectivity index (χ3v) is 3.23. The number of amides is 1. The molecular weight excluding hydrogens is 261 g/mol. The molecule has 0 unspecified atom stereocenters. The molecule has 0 spiro atoms. The number of hydrogen-bond acceptors (Lipinski definition) is 2. The number of carboxylic acids is 1. The maximum atomic E-state index is 13.4. The Morgan fingerprint density at radius 3 is 2.85 bits per heavy atom. The summed E-state index contributed by atoms with van der Waals surface area (Å²) in [5, 5.41) is 8.73. The van der Waals surface area contributed by atoms with Crippen molar-refractivity contribution in [2.75, 3.05) is 11.4 Å². The van der Waals surface area contributed by atoms with Gasteiger partial charge in [0.1, 0.15) is 5.82 Å². The molecule has 0 aliphatic carbocycles. The minimum atomic E-state index is -1.02. The summed E-state index contributed by atoms with van der Waals surface area (Å²) in [6.07, 6.45) is 2.89. The van der Waals surface area contributed by atoms with E-state index in [0.717, 1.165) is 12.8 Å². The molecule has 106 valence electrons. The SMILES string of the molecule is CCCCN1C(=O)/C(=C\CC(=O)O)c2cc(F)ccc21. The topological polar surface area (TPSA) is 57.6 Å². The Morgan fingerprint density at radius 1 is 1.45 bits per heavy atom. The quantitative estimate of drug-likeness (QED) is 0.842. The van der Waals surface area contributed by atoms with E-state index in [1.54, 1.807) is 11.0 Å². The monoisotopic (exact) mass is 277 g/mol. The fourth-order valence-electron chi connectivity index (χ4n) is 2.25. The lowest BCUT2D eigenvalue weighted by molar-refractivity contribution is -0.135. The van der Waals surface area contributed by atoms with Crippen LogP contribution in [0.4, 0.5) is 10.1 Å². The van der Waals surface area contributed by atoms with Gasteiger partial charge in [0.15, 0.2) is 0 Å². The zero-order valence-corrected chi connectivity index (χ0v) is 11.2. The predicted molar refractivity (Wildman–Crippen MR) is 73.9 cm³/mol. The van der Waals surface area contributed by atoms with E-state index in [9.17, 15) is 14.0 Å². The minimum Gasteiger partial charge on any atom is -0.481 e. The van der Waals surface area contributed by atoms with Crippen LogP contribution in [0.3, 0.4) is 0 Å². The van der Waals surface area contributed by atoms with Crippen LogP contribution in [0.2, 0.25) is 0 Å². The van der Waals surface area contributed by atoms with Crippen LogP contribution in [0.15, 0.2) is 24.3 Å². The van der Waals surface area contributed by atoms with E-state index in [4.69, 9.17) is 5.11 Å². The summed E-state index contributed by atoms with van der Waals surface area (Å²) in [5.74, 6) is -1.70. The molecule has 20 heavy (non-hydrogen) atoms. The van der Waals surface area contributed by atoms with Gasteiger partial charge < -0.3 is 10.0 Å². The molecule has 1 aromatic carbocycles. The normalized spacial score (nSPS) is 15.8. The highest BCUT2D eigenvalue weighted by atomic mass is 19.1. The second-order valence-corrected chi connectivity index (χ2v) is 4.69. The average molecular weight is 277 g/mol. The molecule has 0 aromatic heterocycles. The van der Waals surface area contributed by atoms with Crippen molar-refractivity contribution >= 4 is 23.1 Å². The highest BCUT2D eigenvalue weighted by Gasteiger charge is 2.32. The molecule has 0 radical (unpaired) electrons. The minimum absolute atomic E-state index is 0.250. The van der Waals surface area contributed by atoms with Gasteiger partial charge in [-0.05, 0) is 24.6 Å². The first kappa shape index (κ1) is 14.2. The molecule has 4 nitrogen and oxygen atoms in total. The fourth-order valence-corrected chi connectivity index (χ4v) is 2.25. The van der Waals surface area contributed by atoms with Gasteiger partial charge in [-0.15, -0.1) is 0 Å². The molecule has 1 heterocycles. The molecule has 1 aromatic rings. The first-order chi connectivity index (χ1) is 9.54. The van der Waals surface area contributed by atoms with Gasteiger partial charge in [-0.3, -0.25) is 9.59 Å². The summed E-state index contributed by atoms with van der Waals surface area (Å²) >= 11 is 0. The number of carbonyl (C=O) groups is 2. The maximum absolute atomic E-state index is 13.4. The first-order valence-corrected chi connectivity index (χ1v) is 6.58. The van der Waals surface area contributed by atoms with Crippen LogP contribution in [0.25, 0.3) is 5.57 Å². The van der Waals surface area contributed by atoms with Crippen molar-refractivity contribution in [1.82, 2.24) is 0 Å². The van der Waals surface area contributed by atoms with Crippen molar-refractivity contribution in [3.8, 4) is 0 Å². The molecular formula is C15H16FNO3. The largest absolute Gasteiger partial charge is 0.481 e. The number of hydrogen-bond donors (Lipinski definition) is 1. The van der Waals surface area contributed by atoms with Gasteiger partial charge in [0.2, 0.25) is 0 Å². The summed E-state index contributed by atoms with van der Waals surface area (Å²) in [6.45, 7) is 2.58. The summed E-state index contributed by atoms with van der Waals surface area (Å²) in [6, 6.07) is 4.16. The van der Waals surface area contributed by atoms with Gasteiger partial charge in [-0.25, -0.2) is 4.39 Å². The van der Waals surface area contributed by atoms with E-state index in [2.05, 4.69) is 0 Å². The van der Waals surface area contributed by atoms with Gasteiger partial charge in [0, 0.05) is 17.7 Å². The van der Waals surface area contributed by atoms with Gasteiger partial charge in [-0.2, -0.15) is 0 Å². The van der Waals surface area contributed by atoms with Crippen LogP contribution >= 0.6 is 0 Å². The summed E-state index contributed by atoms with van der Waals surface area (Å²) in [7, 11) is 0. The Bertz CT molecular complexity index is 580. The van der Waals surface area contributed by atoms with Crippen LogP contribution in [0.1, 0.15) is 31.7 Å². The van der Waals surface area contributed by atoms with Crippen molar-refractivity contribution in [2.45, 2.75) is 26.2 Å². The molecule has 0 atom stereocenters. The lowest BCUT2D eigenvalue weighted by atomic mass is 10.1. The highest BCUT2D eigenvalue weighted by Crippen LogP contribution is 2.37. The molecule has 2 rings (SSSR count). The molecule has 0 saturated heterocycles. The Balaban J connectivity index is 2.41. The standard InChI is InChI=1S/C15H16FNO3/c1-2-3-8-17-13-6-4-10(16)9-12(13)11(15(17)20)5-7-14(18)19/h4-6,9H,2-3,7-8H2,1H3,(H,18,19)/b11-5-. The number of unbranched alkanes of at least 4 members (excludes halogenated alkanes) is 1. The van der Waals surface area contributed by atoms with Gasteiger partial charge >= 0.3 is 5.97 Å². The van der Waals surface area contributed by atoms with E-state index in [0.29, 0.717) is 17.8 Å². The molecule has 1 aliphatic rings. The smallest absolute Gasteiger partial charge is 0.307 e. The molecule has 1 aliphatic heterocycles. The lowest BCUT2D eigenvalue weighted by Crippen LogP contribution is -2.27.